The van der Waals surface area contributed by atoms with E-state index in [1.807, 2.05) is 24.3 Å². The number of hydrogen-bond acceptors (Lipinski definition) is 4. The smallest absolute Gasteiger partial charge is 0.127 e. The first kappa shape index (κ1) is 15.4. The number of rotatable bonds is 6. The lowest BCUT2D eigenvalue weighted by Gasteiger charge is -2.15. The van der Waals surface area contributed by atoms with Crippen LogP contribution in [0.1, 0.15) is 18.4 Å². The molecule has 4 nitrogen and oxygen atoms in total. The minimum absolute atomic E-state index is 0.624. The molecule has 0 radical (unpaired) electrons. The molecule has 1 aliphatic rings. The molecule has 2 aromatic carbocycles. The van der Waals surface area contributed by atoms with Gasteiger partial charge in [0.1, 0.15) is 23.9 Å². The molecule has 2 aromatic rings. The molecule has 1 fully saturated rings. The van der Waals surface area contributed by atoms with E-state index in [1.54, 1.807) is 24.3 Å². The van der Waals surface area contributed by atoms with Crippen LogP contribution < -0.4 is 9.47 Å². The van der Waals surface area contributed by atoms with Crippen LogP contribution in [0.3, 0.4) is 0 Å². The van der Waals surface area contributed by atoms with Crippen LogP contribution in [0.25, 0.3) is 0 Å². The third kappa shape index (κ3) is 4.48. The van der Waals surface area contributed by atoms with E-state index in [0.29, 0.717) is 11.3 Å². The van der Waals surface area contributed by atoms with Crippen molar-refractivity contribution >= 4 is 0 Å². The summed E-state index contributed by atoms with van der Waals surface area (Å²) in [6, 6.07) is 16.8. The summed E-state index contributed by atoms with van der Waals surface area (Å²) in [6.45, 7) is 4.10. The van der Waals surface area contributed by atoms with Gasteiger partial charge in [-0.3, -0.25) is 4.90 Å². The molecule has 0 N–H and O–H groups in total. The molecule has 3 rings (SSSR count). The third-order valence-electron chi connectivity index (χ3n) is 3.92. The van der Waals surface area contributed by atoms with E-state index in [9.17, 15) is 0 Å². The second-order valence-corrected chi connectivity index (χ2v) is 5.61. The maximum atomic E-state index is 8.78. The SMILES string of the molecule is N#Cc1ccc(Oc2ccc(OCCN3CCCC3)cc2)cc1. The quantitative estimate of drug-likeness (QED) is 0.813. The molecular formula is C19H20N2O2. The normalized spacial score (nSPS) is 14.4. The standard InChI is InChI=1S/C19H20N2O2/c20-15-16-3-5-18(6-4-16)23-19-9-7-17(8-10-19)22-14-13-21-11-1-2-12-21/h3-10H,1-2,11-14H2. The minimum Gasteiger partial charge on any atom is -0.492 e. The van der Waals surface area contributed by atoms with Crippen LogP contribution in [0, 0.1) is 11.3 Å². The number of benzene rings is 2. The molecule has 118 valence electrons. The Labute approximate surface area is 136 Å². The lowest BCUT2D eigenvalue weighted by molar-refractivity contribution is 0.237. The lowest BCUT2D eigenvalue weighted by atomic mass is 10.2. The van der Waals surface area contributed by atoms with Gasteiger partial charge in [-0.2, -0.15) is 5.26 Å². The van der Waals surface area contributed by atoms with Crippen LogP contribution in [0.15, 0.2) is 48.5 Å². The van der Waals surface area contributed by atoms with Crippen molar-refractivity contribution < 1.29 is 9.47 Å². The molecular weight excluding hydrogens is 288 g/mol. The Hall–Kier alpha value is -2.51. The van der Waals surface area contributed by atoms with Gasteiger partial charge in [0.25, 0.3) is 0 Å². The molecule has 23 heavy (non-hydrogen) atoms. The fourth-order valence-corrected chi connectivity index (χ4v) is 2.64. The predicted octanol–water partition coefficient (Wildman–Crippen LogP) is 3.83. The summed E-state index contributed by atoms with van der Waals surface area (Å²) in [7, 11) is 0. The Balaban J connectivity index is 1.49. The highest BCUT2D eigenvalue weighted by molar-refractivity contribution is 5.38. The number of nitriles is 1. The van der Waals surface area contributed by atoms with Gasteiger partial charge < -0.3 is 9.47 Å². The third-order valence-corrected chi connectivity index (χ3v) is 3.92. The van der Waals surface area contributed by atoms with E-state index in [0.717, 1.165) is 24.7 Å². The predicted molar refractivity (Wildman–Crippen MR) is 88.8 cm³/mol. The fourth-order valence-electron chi connectivity index (χ4n) is 2.64. The van der Waals surface area contributed by atoms with Gasteiger partial charge >= 0.3 is 0 Å². The maximum Gasteiger partial charge on any atom is 0.127 e. The second-order valence-electron chi connectivity index (χ2n) is 5.61. The summed E-state index contributed by atoms with van der Waals surface area (Å²) in [5.74, 6) is 2.32. The molecule has 0 aliphatic carbocycles. The molecule has 1 aliphatic heterocycles. The summed E-state index contributed by atoms with van der Waals surface area (Å²) in [5, 5.41) is 8.78. The number of nitrogens with zero attached hydrogens (tertiary/aromatic N) is 2. The Kier molecular flexibility index (Phi) is 5.13. The molecule has 0 atom stereocenters. The first-order valence-corrected chi connectivity index (χ1v) is 7.97. The molecule has 0 saturated carbocycles. The van der Waals surface area contributed by atoms with Gasteiger partial charge in [-0.25, -0.2) is 0 Å². The molecule has 0 unspecified atom stereocenters. The van der Waals surface area contributed by atoms with Crippen LogP contribution in [-0.4, -0.2) is 31.1 Å². The van der Waals surface area contributed by atoms with Crippen LogP contribution in [0.4, 0.5) is 0 Å². The zero-order valence-corrected chi connectivity index (χ0v) is 13.1. The van der Waals surface area contributed by atoms with Gasteiger partial charge in [-0.05, 0) is 74.5 Å². The van der Waals surface area contributed by atoms with Crippen LogP contribution in [0.5, 0.6) is 17.2 Å². The van der Waals surface area contributed by atoms with E-state index in [4.69, 9.17) is 14.7 Å². The van der Waals surface area contributed by atoms with E-state index in [-0.39, 0.29) is 0 Å². The van der Waals surface area contributed by atoms with Crippen LogP contribution in [-0.2, 0) is 0 Å². The molecule has 0 spiro atoms. The van der Waals surface area contributed by atoms with Crippen LogP contribution >= 0.6 is 0 Å². The Morgan fingerprint density at radius 2 is 1.43 bits per heavy atom. The van der Waals surface area contributed by atoms with E-state index in [1.165, 1.54) is 25.9 Å². The highest BCUT2D eigenvalue weighted by Gasteiger charge is 2.10. The van der Waals surface area contributed by atoms with Gasteiger partial charge in [0.15, 0.2) is 0 Å². The van der Waals surface area contributed by atoms with Crippen molar-refractivity contribution in [1.29, 1.82) is 5.26 Å². The Bertz CT molecular complexity index is 653. The van der Waals surface area contributed by atoms with Crippen molar-refractivity contribution in [2.45, 2.75) is 12.8 Å². The lowest BCUT2D eigenvalue weighted by Crippen LogP contribution is -2.25. The van der Waals surface area contributed by atoms with Gasteiger partial charge in [0.2, 0.25) is 0 Å². The van der Waals surface area contributed by atoms with Crippen molar-refractivity contribution in [1.82, 2.24) is 4.90 Å². The van der Waals surface area contributed by atoms with Crippen molar-refractivity contribution in [3.63, 3.8) is 0 Å². The summed E-state index contributed by atoms with van der Waals surface area (Å²) in [4.78, 5) is 2.43. The highest BCUT2D eigenvalue weighted by atomic mass is 16.5. The van der Waals surface area contributed by atoms with Crippen molar-refractivity contribution in [2.75, 3.05) is 26.2 Å². The first-order chi connectivity index (χ1) is 11.3. The van der Waals surface area contributed by atoms with Crippen LogP contribution in [0.2, 0.25) is 0 Å². The summed E-state index contributed by atoms with van der Waals surface area (Å²) < 4.78 is 11.5. The number of hydrogen-bond donors (Lipinski definition) is 0. The van der Waals surface area contributed by atoms with E-state index < -0.39 is 0 Å². The van der Waals surface area contributed by atoms with Gasteiger partial charge in [-0.15, -0.1) is 0 Å². The molecule has 1 heterocycles. The number of ether oxygens (including phenoxy) is 2. The Morgan fingerprint density at radius 1 is 0.870 bits per heavy atom. The monoisotopic (exact) mass is 308 g/mol. The second kappa shape index (κ2) is 7.66. The summed E-state index contributed by atoms with van der Waals surface area (Å²) in [5.41, 5.74) is 0.624. The largest absolute Gasteiger partial charge is 0.492 e. The minimum atomic E-state index is 0.624. The van der Waals surface area contributed by atoms with Crippen molar-refractivity contribution in [3.8, 4) is 23.3 Å². The van der Waals surface area contributed by atoms with Crippen molar-refractivity contribution in [2.24, 2.45) is 0 Å². The summed E-state index contributed by atoms with van der Waals surface area (Å²) >= 11 is 0. The molecule has 0 aromatic heterocycles. The molecule has 0 bridgehead atoms. The Morgan fingerprint density at radius 3 is 2.04 bits per heavy atom. The van der Waals surface area contributed by atoms with Crippen molar-refractivity contribution in [3.05, 3.63) is 54.1 Å². The van der Waals surface area contributed by atoms with Gasteiger partial charge in [0.05, 0.1) is 11.6 Å². The highest BCUT2D eigenvalue weighted by Crippen LogP contribution is 2.24. The number of likely N-dealkylation sites (tertiary alicyclic amines) is 1. The average Bonchev–Trinajstić information content (AvgIpc) is 3.11. The van der Waals surface area contributed by atoms with Gasteiger partial charge in [-0.1, -0.05) is 0 Å². The maximum absolute atomic E-state index is 8.78. The summed E-state index contributed by atoms with van der Waals surface area (Å²) in [6.07, 6.45) is 2.61. The zero-order chi connectivity index (χ0) is 15.9. The van der Waals surface area contributed by atoms with E-state index >= 15 is 0 Å². The van der Waals surface area contributed by atoms with Gasteiger partial charge in [0, 0.05) is 6.54 Å². The first-order valence-electron chi connectivity index (χ1n) is 7.97. The topological polar surface area (TPSA) is 45.5 Å². The molecule has 0 amide bonds. The average molecular weight is 308 g/mol. The molecule has 4 heteroatoms. The zero-order valence-electron chi connectivity index (χ0n) is 13.1. The van der Waals surface area contributed by atoms with E-state index in [2.05, 4.69) is 11.0 Å². The molecule has 1 saturated heterocycles. The fraction of sp³-hybridized carbons (Fsp3) is 0.316.